The van der Waals surface area contributed by atoms with Crippen molar-refractivity contribution in [3.63, 3.8) is 0 Å². The summed E-state index contributed by atoms with van der Waals surface area (Å²) >= 11 is 1.48. The maximum Gasteiger partial charge on any atom is 0.346 e. The number of rotatable bonds is 5. The van der Waals surface area contributed by atoms with Crippen LogP contribution in [0.2, 0.25) is 0 Å². The van der Waals surface area contributed by atoms with E-state index in [0.29, 0.717) is 28.5 Å². The van der Waals surface area contributed by atoms with Crippen LogP contribution in [-0.4, -0.2) is 12.1 Å². The Morgan fingerprint density at radius 3 is 2.57 bits per heavy atom. The van der Waals surface area contributed by atoms with Crippen LogP contribution in [-0.2, 0) is 6.61 Å². The Labute approximate surface area is 176 Å². The number of fused-ring (bicyclic) bond motifs is 2. The molecule has 0 atom stereocenters. The van der Waals surface area contributed by atoms with Gasteiger partial charge in [-0.25, -0.2) is 9.78 Å². The second-order valence-electron chi connectivity index (χ2n) is 6.77. The number of methoxy groups -OCH3 is 1. The van der Waals surface area contributed by atoms with Gasteiger partial charge in [-0.15, -0.1) is 11.3 Å². The van der Waals surface area contributed by atoms with Crippen molar-refractivity contribution in [2.45, 2.75) is 6.61 Å². The molecule has 2 heterocycles. The van der Waals surface area contributed by atoms with Gasteiger partial charge in [0.1, 0.15) is 28.7 Å². The number of para-hydroxylation sites is 1. The van der Waals surface area contributed by atoms with E-state index in [4.69, 9.17) is 13.9 Å². The fraction of sp³-hybridized carbons (Fsp3) is 0.0833. The third-order valence-corrected chi connectivity index (χ3v) is 5.87. The van der Waals surface area contributed by atoms with E-state index >= 15 is 0 Å². The van der Waals surface area contributed by atoms with Crippen molar-refractivity contribution >= 4 is 32.5 Å². The van der Waals surface area contributed by atoms with Gasteiger partial charge < -0.3 is 13.9 Å². The molecule has 0 fully saturated rings. The molecule has 0 aliphatic heterocycles. The molecule has 0 bridgehead atoms. The SMILES string of the molecule is COc1ccc(COc2ccc3cc(-c4nc5ccccc5s4)c(=O)oc3c2)cc1. The van der Waals surface area contributed by atoms with E-state index in [-0.39, 0.29) is 0 Å². The Kier molecular flexibility index (Phi) is 4.69. The molecule has 3 aromatic carbocycles. The van der Waals surface area contributed by atoms with Gasteiger partial charge in [0.15, 0.2) is 0 Å². The smallest absolute Gasteiger partial charge is 0.346 e. The van der Waals surface area contributed by atoms with Gasteiger partial charge in [-0.05, 0) is 48.0 Å². The molecule has 0 amide bonds. The lowest BCUT2D eigenvalue weighted by atomic mass is 10.2. The third kappa shape index (κ3) is 3.53. The zero-order valence-electron chi connectivity index (χ0n) is 16.1. The minimum atomic E-state index is -0.408. The van der Waals surface area contributed by atoms with Crippen LogP contribution in [0.15, 0.2) is 82.0 Å². The Hall–Kier alpha value is -3.64. The van der Waals surface area contributed by atoms with Crippen molar-refractivity contribution in [1.29, 1.82) is 0 Å². The maximum atomic E-state index is 12.6. The highest BCUT2D eigenvalue weighted by Gasteiger charge is 2.13. The summed E-state index contributed by atoms with van der Waals surface area (Å²) in [5.74, 6) is 1.43. The molecular weight excluding hydrogens is 398 g/mol. The summed E-state index contributed by atoms with van der Waals surface area (Å²) in [5, 5.41) is 1.48. The summed E-state index contributed by atoms with van der Waals surface area (Å²) < 4.78 is 17.6. The molecule has 5 rings (SSSR count). The molecule has 0 aliphatic carbocycles. The first kappa shape index (κ1) is 18.4. The first-order valence-corrected chi connectivity index (χ1v) is 10.2. The summed E-state index contributed by atoms with van der Waals surface area (Å²) in [6.45, 7) is 0.406. The average Bonchev–Trinajstić information content (AvgIpc) is 3.21. The number of benzene rings is 3. The van der Waals surface area contributed by atoms with Crippen molar-refractivity contribution in [1.82, 2.24) is 4.98 Å². The second kappa shape index (κ2) is 7.65. The van der Waals surface area contributed by atoms with Gasteiger partial charge in [0.2, 0.25) is 0 Å². The molecule has 0 unspecified atom stereocenters. The third-order valence-electron chi connectivity index (χ3n) is 4.80. The zero-order valence-corrected chi connectivity index (χ0v) is 16.9. The van der Waals surface area contributed by atoms with Crippen molar-refractivity contribution in [2.75, 3.05) is 7.11 Å². The highest BCUT2D eigenvalue weighted by Crippen LogP contribution is 2.30. The van der Waals surface area contributed by atoms with E-state index in [2.05, 4.69) is 4.98 Å². The molecule has 2 aromatic heterocycles. The van der Waals surface area contributed by atoms with Crippen molar-refractivity contribution in [3.05, 3.63) is 88.8 Å². The van der Waals surface area contributed by atoms with Crippen molar-refractivity contribution < 1.29 is 13.9 Å². The Bertz CT molecular complexity index is 1370. The van der Waals surface area contributed by atoms with Gasteiger partial charge in [0.05, 0.1) is 22.9 Å². The lowest BCUT2D eigenvalue weighted by molar-refractivity contribution is 0.306. The van der Waals surface area contributed by atoms with Crippen molar-refractivity contribution in [2.24, 2.45) is 0 Å². The van der Waals surface area contributed by atoms with Gasteiger partial charge in [0.25, 0.3) is 0 Å². The summed E-state index contributed by atoms with van der Waals surface area (Å²) in [4.78, 5) is 17.2. The Morgan fingerprint density at radius 1 is 0.967 bits per heavy atom. The van der Waals surface area contributed by atoms with Gasteiger partial charge >= 0.3 is 5.63 Å². The van der Waals surface area contributed by atoms with Crippen LogP contribution in [0.25, 0.3) is 31.8 Å². The molecule has 5 nitrogen and oxygen atoms in total. The minimum absolute atomic E-state index is 0.406. The van der Waals surface area contributed by atoms with E-state index in [9.17, 15) is 4.79 Å². The number of aromatic nitrogens is 1. The standard InChI is InChI=1S/C24H17NO4S/c1-27-17-9-6-15(7-10-17)14-28-18-11-8-16-12-19(24(26)29-21(16)13-18)23-25-20-4-2-3-5-22(20)30-23/h2-13H,14H2,1H3. The van der Waals surface area contributed by atoms with Gasteiger partial charge in [-0.3, -0.25) is 0 Å². The topological polar surface area (TPSA) is 61.6 Å². The van der Waals surface area contributed by atoms with E-state index in [1.807, 2.05) is 66.7 Å². The van der Waals surface area contributed by atoms with Crippen molar-refractivity contribution in [3.8, 4) is 22.1 Å². The quantitative estimate of drug-likeness (QED) is 0.347. The number of thiazole rings is 1. The highest BCUT2D eigenvalue weighted by atomic mass is 32.1. The number of ether oxygens (including phenoxy) is 2. The molecule has 0 spiro atoms. The van der Waals surface area contributed by atoms with Crippen LogP contribution in [0.1, 0.15) is 5.56 Å². The van der Waals surface area contributed by atoms with E-state index in [1.165, 1.54) is 11.3 Å². The first-order valence-electron chi connectivity index (χ1n) is 9.39. The van der Waals surface area contributed by atoms with Gasteiger partial charge in [0, 0.05) is 11.5 Å². The summed E-state index contributed by atoms with van der Waals surface area (Å²) in [5.41, 5.74) is 2.43. The monoisotopic (exact) mass is 415 g/mol. The molecule has 5 aromatic rings. The molecule has 148 valence electrons. The normalized spacial score (nSPS) is 11.1. The van der Waals surface area contributed by atoms with Crippen LogP contribution >= 0.6 is 11.3 Å². The van der Waals surface area contributed by atoms with E-state index in [1.54, 1.807) is 13.2 Å². The first-order chi connectivity index (χ1) is 14.7. The van der Waals surface area contributed by atoms with E-state index in [0.717, 1.165) is 26.9 Å². The average molecular weight is 415 g/mol. The zero-order chi connectivity index (χ0) is 20.5. The predicted octanol–water partition coefficient (Wildman–Crippen LogP) is 5.66. The molecule has 0 saturated heterocycles. The van der Waals surface area contributed by atoms with Crippen LogP contribution in [0.3, 0.4) is 0 Å². The summed E-state index contributed by atoms with van der Waals surface area (Å²) in [7, 11) is 1.64. The molecule has 0 aliphatic rings. The second-order valence-corrected chi connectivity index (χ2v) is 7.80. The van der Waals surface area contributed by atoms with Crippen LogP contribution in [0.4, 0.5) is 0 Å². The Morgan fingerprint density at radius 2 is 1.77 bits per heavy atom. The molecule has 0 saturated carbocycles. The summed E-state index contributed by atoms with van der Waals surface area (Å²) in [6, 6.07) is 22.8. The number of nitrogens with zero attached hydrogens (tertiary/aromatic N) is 1. The molecule has 0 N–H and O–H groups in total. The lowest BCUT2D eigenvalue weighted by Crippen LogP contribution is -2.02. The molecule has 0 radical (unpaired) electrons. The minimum Gasteiger partial charge on any atom is -0.497 e. The fourth-order valence-electron chi connectivity index (χ4n) is 3.21. The molecule has 6 heteroatoms. The van der Waals surface area contributed by atoms with E-state index < -0.39 is 5.63 Å². The molecule has 30 heavy (non-hydrogen) atoms. The number of hydrogen-bond acceptors (Lipinski definition) is 6. The maximum absolute atomic E-state index is 12.6. The number of hydrogen-bond donors (Lipinski definition) is 0. The largest absolute Gasteiger partial charge is 0.497 e. The van der Waals surface area contributed by atoms with Gasteiger partial charge in [-0.1, -0.05) is 24.3 Å². The van der Waals surface area contributed by atoms with Crippen LogP contribution in [0.5, 0.6) is 11.5 Å². The Balaban J connectivity index is 1.42. The van der Waals surface area contributed by atoms with Crippen LogP contribution < -0.4 is 15.1 Å². The summed E-state index contributed by atoms with van der Waals surface area (Å²) in [6.07, 6.45) is 0. The fourth-order valence-corrected chi connectivity index (χ4v) is 4.18. The molecular formula is C24H17NO4S. The van der Waals surface area contributed by atoms with Crippen LogP contribution in [0, 0.1) is 0 Å². The predicted molar refractivity (Wildman–Crippen MR) is 118 cm³/mol. The highest BCUT2D eigenvalue weighted by molar-refractivity contribution is 7.21. The lowest BCUT2D eigenvalue weighted by Gasteiger charge is -2.08. The van der Waals surface area contributed by atoms with Gasteiger partial charge in [-0.2, -0.15) is 0 Å².